The van der Waals surface area contributed by atoms with Gasteiger partial charge in [0.15, 0.2) is 0 Å². The van der Waals surface area contributed by atoms with Crippen molar-refractivity contribution >= 4 is 0 Å². The van der Waals surface area contributed by atoms with Crippen molar-refractivity contribution in [1.82, 2.24) is 9.78 Å². The molecule has 0 aliphatic rings. The molecule has 2 aromatic rings. The summed E-state index contributed by atoms with van der Waals surface area (Å²) in [5.41, 5.74) is 9.56. The van der Waals surface area contributed by atoms with Gasteiger partial charge in [0, 0.05) is 24.2 Å². The number of rotatable bonds is 5. The van der Waals surface area contributed by atoms with Gasteiger partial charge < -0.3 is 5.73 Å². The van der Waals surface area contributed by atoms with Crippen LogP contribution in [0, 0.1) is 6.92 Å². The van der Waals surface area contributed by atoms with Gasteiger partial charge >= 0.3 is 0 Å². The minimum absolute atomic E-state index is 0.387. The lowest BCUT2D eigenvalue weighted by atomic mass is 9.88. The first-order valence-corrected chi connectivity index (χ1v) is 7.32. The zero-order valence-electron chi connectivity index (χ0n) is 12.9. The largest absolute Gasteiger partial charge is 0.321 e. The number of aryl methyl sites for hydroxylation is 1. The van der Waals surface area contributed by atoms with E-state index < -0.39 is 0 Å². The number of hydrogen-bond donors (Lipinski definition) is 1. The first kappa shape index (κ1) is 14.8. The molecule has 108 valence electrons. The van der Waals surface area contributed by atoms with Gasteiger partial charge in [-0.25, -0.2) is 0 Å². The van der Waals surface area contributed by atoms with Crippen molar-refractivity contribution in [3.05, 3.63) is 53.3 Å². The summed E-state index contributed by atoms with van der Waals surface area (Å²) in [6.07, 6.45) is 3.88. The van der Waals surface area contributed by atoms with Gasteiger partial charge in [0.1, 0.15) is 0 Å². The Labute approximate surface area is 121 Å². The fourth-order valence-corrected chi connectivity index (χ4v) is 2.32. The maximum Gasteiger partial charge on any atom is 0.0646 e. The summed E-state index contributed by atoms with van der Waals surface area (Å²) < 4.78 is 2.03. The van der Waals surface area contributed by atoms with Crippen molar-refractivity contribution in [3.8, 4) is 0 Å². The van der Waals surface area contributed by atoms with Crippen LogP contribution in [0.5, 0.6) is 0 Å². The molecule has 2 unspecified atom stereocenters. The van der Waals surface area contributed by atoms with Crippen LogP contribution in [0.15, 0.2) is 36.5 Å². The summed E-state index contributed by atoms with van der Waals surface area (Å²) in [4.78, 5) is 0. The lowest BCUT2D eigenvalue weighted by Gasteiger charge is -2.24. The smallest absolute Gasteiger partial charge is 0.0646 e. The summed E-state index contributed by atoms with van der Waals surface area (Å²) in [6.45, 7) is 8.51. The van der Waals surface area contributed by atoms with E-state index >= 15 is 0 Å². The minimum Gasteiger partial charge on any atom is -0.321 e. The third-order valence-corrected chi connectivity index (χ3v) is 3.97. The van der Waals surface area contributed by atoms with E-state index in [4.69, 9.17) is 5.73 Å². The van der Waals surface area contributed by atoms with Gasteiger partial charge in [0.05, 0.1) is 5.69 Å². The standard InChI is InChI=1S/C17H25N3/c1-5-14(3)20-11-10-16(19-20)12-17(4,18)15-8-6-13(2)7-9-15/h6-11,14H,5,12,18H2,1-4H3. The van der Waals surface area contributed by atoms with Crippen molar-refractivity contribution in [3.63, 3.8) is 0 Å². The molecule has 0 aliphatic carbocycles. The second-order valence-corrected chi connectivity index (χ2v) is 6.00. The highest BCUT2D eigenvalue weighted by Gasteiger charge is 2.23. The predicted octanol–water partition coefficient (Wildman–Crippen LogP) is 3.58. The Bertz CT molecular complexity index is 552. The highest BCUT2D eigenvalue weighted by Crippen LogP contribution is 2.23. The van der Waals surface area contributed by atoms with Crippen molar-refractivity contribution in [2.24, 2.45) is 5.73 Å². The lowest BCUT2D eigenvalue weighted by Crippen LogP contribution is -2.35. The fourth-order valence-electron chi connectivity index (χ4n) is 2.32. The lowest BCUT2D eigenvalue weighted by molar-refractivity contribution is 0.451. The van der Waals surface area contributed by atoms with Gasteiger partial charge in [-0.1, -0.05) is 36.8 Å². The van der Waals surface area contributed by atoms with E-state index in [1.165, 1.54) is 5.56 Å². The van der Waals surface area contributed by atoms with Gasteiger partial charge in [0.25, 0.3) is 0 Å². The highest BCUT2D eigenvalue weighted by atomic mass is 15.3. The molecule has 1 aromatic heterocycles. The molecule has 0 radical (unpaired) electrons. The zero-order valence-corrected chi connectivity index (χ0v) is 12.9. The molecular formula is C17H25N3. The van der Waals surface area contributed by atoms with Crippen LogP contribution in [0.2, 0.25) is 0 Å². The van der Waals surface area contributed by atoms with E-state index in [1.807, 2.05) is 4.68 Å². The second kappa shape index (κ2) is 5.80. The Balaban J connectivity index is 2.15. The summed E-state index contributed by atoms with van der Waals surface area (Å²) in [5, 5.41) is 4.65. The van der Waals surface area contributed by atoms with Crippen molar-refractivity contribution in [2.45, 2.75) is 52.1 Å². The molecule has 20 heavy (non-hydrogen) atoms. The van der Waals surface area contributed by atoms with Crippen LogP contribution in [0.25, 0.3) is 0 Å². The number of hydrogen-bond acceptors (Lipinski definition) is 2. The average Bonchev–Trinajstić information content (AvgIpc) is 2.86. The van der Waals surface area contributed by atoms with Crippen molar-refractivity contribution in [2.75, 3.05) is 0 Å². The van der Waals surface area contributed by atoms with Crippen LogP contribution < -0.4 is 5.73 Å². The SMILES string of the molecule is CCC(C)n1ccc(CC(C)(N)c2ccc(C)cc2)n1. The molecule has 0 bridgehead atoms. The molecule has 1 heterocycles. The van der Waals surface area contributed by atoms with Crippen LogP contribution >= 0.6 is 0 Å². The Morgan fingerprint density at radius 3 is 2.50 bits per heavy atom. The molecule has 0 fully saturated rings. The van der Waals surface area contributed by atoms with Gasteiger partial charge in [0.2, 0.25) is 0 Å². The van der Waals surface area contributed by atoms with Crippen molar-refractivity contribution in [1.29, 1.82) is 0 Å². The Morgan fingerprint density at radius 2 is 1.90 bits per heavy atom. The van der Waals surface area contributed by atoms with Crippen LogP contribution in [0.4, 0.5) is 0 Å². The molecule has 2 N–H and O–H groups in total. The number of nitrogens with zero attached hydrogens (tertiary/aromatic N) is 2. The first-order valence-electron chi connectivity index (χ1n) is 7.32. The summed E-state index contributed by atoms with van der Waals surface area (Å²) in [5.74, 6) is 0. The molecular weight excluding hydrogens is 246 g/mol. The summed E-state index contributed by atoms with van der Waals surface area (Å²) >= 11 is 0. The maximum absolute atomic E-state index is 6.49. The molecule has 0 saturated heterocycles. The predicted molar refractivity (Wildman–Crippen MR) is 83.7 cm³/mol. The topological polar surface area (TPSA) is 43.8 Å². The molecule has 2 atom stereocenters. The van der Waals surface area contributed by atoms with Crippen LogP contribution in [0.3, 0.4) is 0 Å². The molecule has 0 saturated carbocycles. The molecule has 0 spiro atoms. The van der Waals surface area contributed by atoms with E-state index in [0.717, 1.165) is 24.1 Å². The number of benzene rings is 1. The second-order valence-electron chi connectivity index (χ2n) is 6.00. The average molecular weight is 271 g/mol. The number of nitrogens with two attached hydrogens (primary N) is 1. The van der Waals surface area contributed by atoms with Gasteiger partial charge in [-0.3, -0.25) is 4.68 Å². The minimum atomic E-state index is -0.387. The van der Waals surface area contributed by atoms with Crippen LogP contribution in [-0.4, -0.2) is 9.78 Å². The third-order valence-electron chi connectivity index (χ3n) is 3.97. The summed E-state index contributed by atoms with van der Waals surface area (Å²) in [6, 6.07) is 11.0. The number of aromatic nitrogens is 2. The van der Waals surface area contributed by atoms with Gasteiger partial charge in [-0.2, -0.15) is 5.10 Å². The zero-order chi connectivity index (χ0) is 14.8. The third kappa shape index (κ3) is 3.28. The van der Waals surface area contributed by atoms with Crippen LogP contribution in [0.1, 0.15) is 50.1 Å². The van der Waals surface area contributed by atoms with E-state index in [9.17, 15) is 0 Å². The first-order chi connectivity index (χ1) is 9.42. The summed E-state index contributed by atoms with van der Waals surface area (Å²) in [7, 11) is 0. The Hall–Kier alpha value is -1.61. The molecule has 3 nitrogen and oxygen atoms in total. The molecule has 0 aliphatic heterocycles. The van der Waals surface area contributed by atoms with E-state index in [1.54, 1.807) is 0 Å². The van der Waals surface area contributed by atoms with Crippen LogP contribution in [-0.2, 0) is 12.0 Å². The molecule has 2 rings (SSSR count). The van der Waals surface area contributed by atoms with E-state index in [-0.39, 0.29) is 5.54 Å². The molecule has 1 aromatic carbocycles. The highest BCUT2D eigenvalue weighted by molar-refractivity contribution is 5.28. The fraction of sp³-hybridized carbons (Fsp3) is 0.471. The van der Waals surface area contributed by atoms with Gasteiger partial charge in [-0.05, 0) is 38.8 Å². The Kier molecular flexibility index (Phi) is 4.29. The normalized spacial score (nSPS) is 15.8. The Morgan fingerprint density at radius 1 is 1.25 bits per heavy atom. The molecule has 3 heteroatoms. The van der Waals surface area contributed by atoms with E-state index in [2.05, 4.69) is 69.3 Å². The van der Waals surface area contributed by atoms with E-state index in [0.29, 0.717) is 6.04 Å². The monoisotopic (exact) mass is 271 g/mol. The quantitative estimate of drug-likeness (QED) is 0.903. The maximum atomic E-state index is 6.49. The molecule has 0 amide bonds. The van der Waals surface area contributed by atoms with Crippen molar-refractivity contribution < 1.29 is 0 Å². The van der Waals surface area contributed by atoms with Gasteiger partial charge in [-0.15, -0.1) is 0 Å².